The highest BCUT2D eigenvalue weighted by molar-refractivity contribution is 7.12. The van der Waals surface area contributed by atoms with Crippen LogP contribution in [0.5, 0.6) is 0 Å². The monoisotopic (exact) mass is 351 g/mol. The number of hydrazone groups is 1. The van der Waals surface area contributed by atoms with Crippen LogP contribution in [0.25, 0.3) is 0 Å². The summed E-state index contributed by atoms with van der Waals surface area (Å²) < 4.78 is 9.52. The summed E-state index contributed by atoms with van der Waals surface area (Å²) in [5.41, 5.74) is 2.50. The lowest BCUT2D eigenvalue weighted by atomic mass is 9.99. The molecule has 1 fully saturated rings. The van der Waals surface area contributed by atoms with Crippen molar-refractivity contribution in [2.45, 2.75) is 13.0 Å². The van der Waals surface area contributed by atoms with Crippen molar-refractivity contribution in [3.8, 4) is 0 Å². The van der Waals surface area contributed by atoms with E-state index in [1.807, 2.05) is 0 Å². The van der Waals surface area contributed by atoms with Crippen molar-refractivity contribution >= 4 is 46.5 Å². The summed E-state index contributed by atoms with van der Waals surface area (Å²) in [6.45, 7) is 1.75. The molecule has 0 radical (unpaired) electrons. The SMILES string of the molecule is CCOC(=O)C1=NNC2C(=O)N(c3ccsc3C(=O)OC)C(=O)C12. The smallest absolute Gasteiger partial charge is 0.355 e. The van der Waals surface area contributed by atoms with Crippen LogP contribution < -0.4 is 10.3 Å². The molecule has 1 aromatic rings. The molecule has 2 aliphatic heterocycles. The number of rotatable bonds is 4. The molecule has 2 aliphatic rings. The van der Waals surface area contributed by atoms with E-state index in [0.29, 0.717) is 0 Å². The number of anilines is 1. The quantitative estimate of drug-likeness (QED) is 0.596. The summed E-state index contributed by atoms with van der Waals surface area (Å²) in [7, 11) is 1.21. The van der Waals surface area contributed by atoms with Crippen molar-refractivity contribution in [1.29, 1.82) is 0 Å². The van der Waals surface area contributed by atoms with Crippen molar-refractivity contribution in [3.05, 3.63) is 16.3 Å². The lowest BCUT2D eigenvalue weighted by Crippen LogP contribution is -2.36. The molecule has 2 unspecified atom stereocenters. The standard InChI is InChI=1S/C14H13N3O6S/c1-3-23-13(20)9-7-8(15-16-9)12(19)17(11(7)18)6-4-5-24-10(6)14(21)22-2/h4-5,7-8,15H,3H2,1-2H3. The molecule has 0 spiro atoms. The Morgan fingerprint density at radius 2 is 2.08 bits per heavy atom. The number of imide groups is 1. The zero-order chi connectivity index (χ0) is 17.4. The fourth-order valence-corrected chi connectivity index (χ4v) is 3.42. The number of carbonyl (C=O) groups is 4. The van der Waals surface area contributed by atoms with Gasteiger partial charge in [0.05, 0.1) is 19.4 Å². The molecule has 0 saturated carbocycles. The molecule has 3 heterocycles. The zero-order valence-electron chi connectivity index (χ0n) is 12.8. The first-order valence-electron chi connectivity index (χ1n) is 7.05. The van der Waals surface area contributed by atoms with Gasteiger partial charge in [0.25, 0.3) is 5.91 Å². The third kappa shape index (κ3) is 2.26. The van der Waals surface area contributed by atoms with Crippen LogP contribution in [-0.4, -0.2) is 49.2 Å². The highest BCUT2D eigenvalue weighted by Gasteiger charge is 2.56. The Morgan fingerprint density at radius 1 is 1.33 bits per heavy atom. The van der Waals surface area contributed by atoms with Crippen molar-refractivity contribution in [1.82, 2.24) is 5.43 Å². The summed E-state index contributed by atoms with van der Waals surface area (Å²) in [6.07, 6.45) is 0. The van der Waals surface area contributed by atoms with E-state index in [1.165, 1.54) is 13.2 Å². The molecule has 1 saturated heterocycles. The molecule has 9 nitrogen and oxygen atoms in total. The molecule has 126 valence electrons. The Kier molecular flexibility index (Phi) is 4.06. The largest absolute Gasteiger partial charge is 0.465 e. The Morgan fingerprint density at radius 3 is 2.75 bits per heavy atom. The van der Waals surface area contributed by atoms with Gasteiger partial charge in [0, 0.05) is 0 Å². The van der Waals surface area contributed by atoms with Crippen LogP contribution in [0.1, 0.15) is 16.6 Å². The van der Waals surface area contributed by atoms with Gasteiger partial charge < -0.3 is 9.47 Å². The second-order valence-electron chi connectivity index (χ2n) is 4.94. The topological polar surface area (TPSA) is 114 Å². The summed E-state index contributed by atoms with van der Waals surface area (Å²) >= 11 is 1.05. The molecule has 3 rings (SSSR count). The van der Waals surface area contributed by atoms with Gasteiger partial charge >= 0.3 is 11.9 Å². The van der Waals surface area contributed by atoms with E-state index in [2.05, 4.69) is 15.3 Å². The summed E-state index contributed by atoms with van der Waals surface area (Å²) in [6, 6.07) is 0.497. The number of carbonyl (C=O) groups excluding carboxylic acids is 4. The first-order valence-corrected chi connectivity index (χ1v) is 7.93. The molecular weight excluding hydrogens is 338 g/mol. The van der Waals surface area contributed by atoms with Crippen LogP contribution in [0, 0.1) is 5.92 Å². The van der Waals surface area contributed by atoms with E-state index in [9.17, 15) is 19.2 Å². The van der Waals surface area contributed by atoms with Gasteiger partial charge in [0.2, 0.25) is 5.91 Å². The number of esters is 2. The molecule has 0 aliphatic carbocycles. The lowest BCUT2D eigenvalue weighted by molar-refractivity contribution is -0.136. The Hall–Kier alpha value is -2.75. The summed E-state index contributed by atoms with van der Waals surface area (Å²) in [5, 5.41) is 5.34. The maximum absolute atomic E-state index is 12.7. The summed E-state index contributed by atoms with van der Waals surface area (Å²) in [5.74, 6) is -3.69. The third-order valence-electron chi connectivity index (χ3n) is 3.67. The minimum atomic E-state index is -1.07. The van der Waals surface area contributed by atoms with Gasteiger partial charge in [-0.15, -0.1) is 11.3 Å². The predicted octanol–water partition coefficient (Wildman–Crippen LogP) is -0.0850. The van der Waals surface area contributed by atoms with E-state index in [-0.39, 0.29) is 22.9 Å². The van der Waals surface area contributed by atoms with Crippen molar-refractivity contribution in [2.75, 3.05) is 18.6 Å². The van der Waals surface area contributed by atoms with Gasteiger partial charge in [-0.1, -0.05) is 0 Å². The van der Waals surface area contributed by atoms with Crippen LogP contribution >= 0.6 is 11.3 Å². The van der Waals surface area contributed by atoms with Crippen LogP contribution in [0.15, 0.2) is 16.5 Å². The van der Waals surface area contributed by atoms with E-state index >= 15 is 0 Å². The number of nitrogens with one attached hydrogen (secondary N) is 1. The number of methoxy groups -OCH3 is 1. The minimum Gasteiger partial charge on any atom is -0.465 e. The number of hydrogen-bond donors (Lipinski definition) is 1. The predicted molar refractivity (Wildman–Crippen MR) is 82.6 cm³/mol. The average Bonchev–Trinajstić information content (AvgIpc) is 3.25. The van der Waals surface area contributed by atoms with Gasteiger partial charge in [0.15, 0.2) is 5.71 Å². The Balaban J connectivity index is 1.94. The first kappa shape index (κ1) is 16.1. The molecule has 0 aromatic carbocycles. The lowest BCUT2D eigenvalue weighted by Gasteiger charge is -2.15. The van der Waals surface area contributed by atoms with Crippen LogP contribution in [0.4, 0.5) is 5.69 Å². The maximum Gasteiger partial charge on any atom is 0.355 e. The minimum absolute atomic E-state index is 0.123. The molecule has 10 heteroatoms. The normalized spacial score (nSPS) is 22.1. The number of thiophene rings is 1. The molecule has 1 N–H and O–H groups in total. The molecule has 2 amide bonds. The first-order chi connectivity index (χ1) is 11.5. The summed E-state index contributed by atoms with van der Waals surface area (Å²) in [4.78, 5) is 50.0. The van der Waals surface area contributed by atoms with Gasteiger partial charge in [0.1, 0.15) is 16.8 Å². The highest BCUT2D eigenvalue weighted by atomic mass is 32.1. The highest BCUT2D eigenvalue weighted by Crippen LogP contribution is 2.35. The zero-order valence-corrected chi connectivity index (χ0v) is 13.6. The van der Waals surface area contributed by atoms with Gasteiger partial charge in [-0.2, -0.15) is 5.10 Å². The Bertz CT molecular complexity index is 770. The van der Waals surface area contributed by atoms with Crippen LogP contribution in [0.3, 0.4) is 0 Å². The van der Waals surface area contributed by atoms with E-state index in [1.54, 1.807) is 12.3 Å². The van der Waals surface area contributed by atoms with Crippen molar-refractivity contribution in [3.63, 3.8) is 0 Å². The van der Waals surface area contributed by atoms with E-state index in [4.69, 9.17) is 4.74 Å². The number of ether oxygens (including phenoxy) is 2. The molecular formula is C14H13N3O6S. The number of fused-ring (bicyclic) bond motifs is 1. The van der Waals surface area contributed by atoms with Gasteiger partial charge in [-0.3, -0.25) is 15.0 Å². The second kappa shape index (κ2) is 6.04. The van der Waals surface area contributed by atoms with Crippen LogP contribution in [-0.2, 0) is 23.9 Å². The second-order valence-corrected chi connectivity index (χ2v) is 5.86. The van der Waals surface area contributed by atoms with Crippen molar-refractivity contribution < 1.29 is 28.7 Å². The maximum atomic E-state index is 12.7. The van der Waals surface area contributed by atoms with E-state index in [0.717, 1.165) is 16.2 Å². The molecule has 24 heavy (non-hydrogen) atoms. The fourth-order valence-electron chi connectivity index (χ4n) is 2.62. The van der Waals surface area contributed by atoms with Crippen molar-refractivity contribution in [2.24, 2.45) is 11.0 Å². The van der Waals surface area contributed by atoms with Crippen LogP contribution in [0.2, 0.25) is 0 Å². The Labute approximate surface area is 140 Å². The molecule has 1 aromatic heterocycles. The molecule has 2 atom stereocenters. The average molecular weight is 351 g/mol. The number of nitrogens with zero attached hydrogens (tertiary/aromatic N) is 2. The van der Waals surface area contributed by atoms with Gasteiger partial charge in [-0.25, -0.2) is 14.5 Å². The molecule has 0 bridgehead atoms. The van der Waals surface area contributed by atoms with Gasteiger partial charge in [-0.05, 0) is 18.4 Å². The number of hydrogen-bond acceptors (Lipinski definition) is 9. The number of amides is 2. The fraction of sp³-hybridized carbons (Fsp3) is 0.357. The third-order valence-corrected chi connectivity index (χ3v) is 4.55. The van der Waals surface area contributed by atoms with E-state index < -0.39 is 35.7 Å².